The number of piperidine rings is 1. The lowest BCUT2D eigenvalue weighted by molar-refractivity contribution is -0.140. The lowest BCUT2D eigenvalue weighted by atomic mass is 9.83. The number of esters is 1. The van der Waals surface area contributed by atoms with Crippen LogP contribution in [0.3, 0.4) is 0 Å². The van der Waals surface area contributed by atoms with Gasteiger partial charge in [-0.15, -0.1) is 0 Å². The molecule has 1 aromatic carbocycles. The van der Waals surface area contributed by atoms with Gasteiger partial charge in [0.25, 0.3) is 5.56 Å². The third-order valence-electron chi connectivity index (χ3n) is 7.41. The van der Waals surface area contributed by atoms with Crippen LogP contribution in [-0.2, 0) is 22.6 Å². The van der Waals surface area contributed by atoms with Crippen molar-refractivity contribution in [1.82, 2.24) is 9.47 Å². The van der Waals surface area contributed by atoms with Gasteiger partial charge < -0.3 is 23.9 Å². The van der Waals surface area contributed by atoms with Crippen LogP contribution in [0.25, 0.3) is 0 Å². The molecule has 10 heteroatoms. The van der Waals surface area contributed by atoms with Crippen LogP contribution in [0.4, 0.5) is 0 Å². The molecule has 3 atom stereocenters. The molecule has 0 saturated carbocycles. The quantitative estimate of drug-likeness (QED) is 0.450. The number of hydrogen-bond acceptors (Lipinski definition) is 8. The predicted octanol–water partition coefficient (Wildman–Crippen LogP) is 2.52. The van der Waals surface area contributed by atoms with Crippen molar-refractivity contribution in [3.63, 3.8) is 0 Å². The number of nitrogens with zero attached hydrogens (tertiary/aromatic N) is 2. The number of aromatic carboxylic acids is 1. The number of fused-ring (bicyclic) bond motifs is 4. The van der Waals surface area contributed by atoms with Crippen LogP contribution in [0.1, 0.15) is 57.8 Å². The van der Waals surface area contributed by atoms with Gasteiger partial charge in [-0.05, 0) is 36.1 Å². The van der Waals surface area contributed by atoms with Crippen LogP contribution in [0.5, 0.6) is 5.75 Å². The Bertz CT molecular complexity index is 1490. The highest BCUT2D eigenvalue weighted by molar-refractivity contribution is 5.87. The summed E-state index contributed by atoms with van der Waals surface area (Å²) in [6.45, 7) is 2.36. The maximum Gasteiger partial charge on any atom is 0.335 e. The second-order valence-electron chi connectivity index (χ2n) is 9.94. The number of methoxy groups -OCH3 is 1. The molecule has 2 N–H and O–H groups in total. The van der Waals surface area contributed by atoms with E-state index in [9.17, 15) is 29.4 Å². The van der Waals surface area contributed by atoms with Crippen molar-refractivity contribution in [3.05, 3.63) is 97.4 Å². The minimum atomic E-state index is -1.10. The number of benzene rings is 1. The van der Waals surface area contributed by atoms with E-state index in [0.29, 0.717) is 31.0 Å². The van der Waals surface area contributed by atoms with Crippen molar-refractivity contribution in [3.8, 4) is 5.75 Å². The average molecular weight is 521 g/mol. The smallest absolute Gasteiger partial charge is 0.335 e. The van der Waals surface area contributed by atoms with Gasteiger partial charge >= 0.3 is 11.9 Å². The molecule has 3 unspecified atom stereocenters. The number of carbonyl (C=O) groups is 2. The van der Waals surface area contributed by atoms with Crippen LogP contribution in [0.15, 0.2) is 62.5 Å². The molecule has 10 nitrogen and oxygen atoms in total. The van der Waals surface area contributed by atoms with E-state index in [0.717, 1.165) is 18.7 Å². The lowest BCUT2D eigenvalue weighted by Gasteiger charge is -2.42. The SMILES string of the molecule is COC(=O)CC(c1ccc(C(=O)O)cc1)c1oc(CN2CC3CC(C2)c2cccc(=O)n2C3)cc(=O)c1O. The van der Waals surface area contributed by atoms with Gasteiger partial charge in [0.2, 0.25) is 11.2 Å². The largest absolute Gasteiger partial charge is 0.502 e. The zero-order valence-corrected chi connectivity index (χ0v) is 20.8. The summed E-state index contributed by atoms with van der Waals surface area (Å²) in [5, 5.41) is 19.9. The summed E-state index contributed by atoms with van der Waals surface area (Å²) in [6.07, 6.45) is 0.764. The Morgan fingerprint density at radius 2 is 1.87 bits per heavy atom. The summed E-state index contributed by atoms with van der Waals surface area (Å²) >= 11 is 0. The second-order valence-corrected chi connectivity index (χ2v) is 9.94. The first kappa shape index (κ1) is 25.5. The van der Waals surface area contributed by atoms with E-state index in [-0.39, 0.29) is 35.1 Å². The van der Waals surface area contributed by atoms with Crippen LogP contribution in [-0.4, -0.2) is 51.8 Å². The van der Waals surface area contributed by atoms with Crippen LogP contribution in [0, 0.1) is 5.92 Å². The van der Waals surface area contributed by atoms with Crippen molar-refractivity contribution < 1.29 is 29.0 Å². The van der Waals surface area contributed by atoms with Crippen LogP contribution < -0.4 is 11.0 Å². The fourth-order valence-electron chi connectivity index (χ4n) is 5.68. The van der Waals surface area contributed by atoms with Crippen molar-refractivity contribution in [2.24, 2.45) is 5.92 Å². The van der Waals surface area contributed by atoms with Gasteiger partial charge in [-0.1, -0.05) is 18.2 Å². The first-order chi connectivity index (χ1) is 18.2. The molecule has 1 fully saturated rings. The molecule has 1 saturated heterocycles. The molecule has 2 aliphatic heterocycles. The van der Waals surface area contributed by atoms with Crippen LogP contribution >= 0.6 is 0 Å². The first-order valence-electron chi connectivity index (χ1n) is 12.4. The number of hydrogen-bond donors (Lipinski definition) is 2. The highest BCUT2D eigenvalue weighted by Gasteiger charge is 2.35. The molecule has 0 amide bonds. The fourth-order valence-corrected chi connectivity index (χ4v) is 5.68. The highest BCUT2D eigenvalue weighted by atomic mass is 16.5. The maximum atomic E-state index is 12.8. The van der Waals surface area contributed by atoms with Gasteiger partial charge in [-0.3, -0.25) is 19.3 Å². The Labute approximate surface area is 217 Å². The third-order valence-corrected chi connectivity index (χ3v) is 7.41. The maximum absolute atomic E-state index is 12.8. The molecular weight excluding hydrogens is 492 g/mol. The Hall–Kier alpha value is -4.18. The summed E-state index contributed by atoms with van der Waals surface area (Å²) in [6, 6.07) is 12.4. The van der Waals surface area contributed by atoms with Gasteiger partial charge in [0.1, 0.15) is 5.76 Å². The molecule has 0 spiro atoms. The summed E-state index contributed by atoms with van der Waals surface area (Å²) < 4.78 is 12.7. The topological polar surface area (TPSA) is 139 Å². The van der Waals surface area contributed by atoms with Gasteiger partial charge in [0, 0.05) is 43.4 Å². The Morgan fingerprint density at radius 1 is 1.11 bits per heavy atom. The molecule has 4 heterocycles. The second kappa shape index (κ2) is 10.3. The minimum absolute atomic E-state index is 0.00728. The number of likely N-dealkylation sites (tertiary alicyclic amines) is 1. The van der Waals surface area contributed by atoms with Gasteiger partial charge in [0.05, 0.1) is 31.6 Å². The van der Waals surface area contributed by atoms with E-state index in [1.165, 1.54) is 37.4 Å². The van der Waals surface area contributed by atoms with Crippen molar-refractivity contribution in [1.29, 1.82) is 0 Å². The van der Waals surface area contributed by atoms with E-state index >= 15 is 0 Å². The fraction of sp³-hybridized carbons (Fsp3) is 0.357. The van der Waals surface area contributed by atoms with Gasteiger partial charge in [0.15, 0.2) is 5.76 Å². The molecule has 198 valence electrons. The van der Waals surface area contributed by atoms with Gasteiger partial charge in [-0.25, -0.2) is 4.79 Å². The molecule has 0 aliphatic carbocycles. The molecule has 3 aromatic rings. The number of carboxylic acids is 1. The van der Waals surface area contributed by atoms with Crippen LogP contribution in [0.2, 0.25) is 0 Å². The number of carboxylic acid groups (broad SMARTS) is 1. The van der Waals surface area contributed by atoms with Crippen molar-refractivity contribution >= 4 is 11.9 Å². The van der Waals surface area contributed by atoms with E-state index in [4.69, 9.17) is 9.15 Å². The minimum Gasteiger partial charge on any atom is -0.502 e. The van der Waals surface area contributed by atoms with Crippen molar-refractivity contribution in [2.45, 2.75) is 37.8 Å². The monoisotopic (exact) mass is 520 g/mol. The zero-order chi connectivity index (χ0) is 27.0. The number of ether oxygens (including phenoxy) is 1. The predicted molar refractivity (Wildman–Crippen MR) is 135 cm³/mol. The Kier molecular flexibility index (Phi) is 6.90. The number of rotatable bonds is 7. The molecule has 2 aliphatic rings. The van der Waals surface area contributed by atoms with E-state index in [1.54, 1.807) is 12.1 Å². The number of aromatic hydroxyl groups is 1. The normalized spacial score (nSPS) is 19.4. The first-order valence-corrected chi connectivity index (χ1v) is 12.4. The van der Waals surface area contributed by atoms with Gasteiger partial charge in [-0.2, -0.15) is 0 Å². The average Bonchev–Trinajstić information content (AvgIpc) is 2.90. The summed E-state index contributed by atoms with van der Waals surface area (Å²) in [4.78, 5) is 50.8. The standard InChI is InChI=1S/C28H28N2O8/c1-37-25(33)11-21(17-5-7-18(8-6-17)28(35)36)27-26(34)23(31)10-20(38-27)15-29-12-16-9-19(14-29)22-3-2-4-24(32)30(22)13-16/h2-8,10,16,19,21,34H,9,11-15H2,1H3,(H,35,36). The molecule has 5 rings (SSSR count). The number of carbonyl (C=O) groups excluding carboxylic acids is 1. The molecular formula is C28H28N2O8. The molecule has 0 radical (unpaired) electrons. The van der Waals surface area contributed by atoms with E-state index in [2.05, 4.69) is 4.90 Å². The highest BCUT2D eigenvalue weighted by Crippen LogP contribution is 2.37. The Balaban J connectivity index is 1.45. The molecule has 2 bridgehead atoms. The third kappa shape index (κ3) is 4.99. The lowest BCUT2D eigenvalue weighted by Crippen LogP contribution is -2.46. The summed E-state index contributed by atoms with van der Waals surface area (Å²) in [5.41, 5.74) is 0.935. The summed E-state index contributed by atoms with van der Waals surface area (Å²) in [5.74, 6) is -2.42. The Morgan fingerprint density at radius 3 is 2.58 bits per heavy atom. The van der Waals surface area contributed by atoms with E-state index < -0.39 is 29.0 Å². The summed E-state index contributed by atoms with van der Waals surface area (Å²) in [7, 11) is 1.23. The zero-order valence-electron chi connectivity index (χ0n) is 20.8. The van der Waals surface area contributed by atoms with E-state index in [1.807, 2.05) is 10.6 Å². The number of aromatic nitrogens is 1. The number of pyridine rings is 1. The molecule has 2 aromatic heterocycles. The van der Waals surface area contributed by atoms with Crippen molar-refractivity contribution in [2.75, 3.05) is 20.2 Å². The molecule has 38 heavy (non-hydrogen) atoms.